The van der Waals surface area contributed by atoms with Crippen molar-refractivity contribution in [1.29, 1.82) is 5.26 Å². The Balaban J connectivity index is 2.95. The average molecular weight is 220 g/mol. The van der Waals surface area contributed by atoms with E-state index in [-0.39, 0.29) is 18.2 Å². The Kier molecular flexibility index (Phi) is 4.21. The van der Waals surface area contributed by atoms with Gasteiger partial charge in [0, 0.05) is 18.9 Å². The summed E-state index contributed by atoms with van der Waals surface area (Å²) in [5.74, 6) is 0.0225. The van der Waals surface area contributed by atoms with Crippen molar-refractivity contribution in [3.63, 3.8) is 0 Å². The summed E-state index contributed by atoms with van der Waals surface area (Å²) in [5.41, 5.74) is 0.202. The molecular weight excluding hydrogens is 208 g/mol. The SMILES string of the molecule is CCN(CC(=O)OC)c1nccnc1C#N. The van der Waals surface area contributed by atoms with Crippen LogP contribution < -0.4 is 4.90 Å². The van der Waals surface area contributed by atoms with E-state index >= 15 is 0 Å². The summed E-state index contributed by atoms with van der Waals surface area (Å²) < 4.78 is 4.57. The Morgan fingerprint density at radius 3 is 2.81 bits per heavy atom. The topological polar surface area (TPSA) is 79.1 Å². The van der Waals surface area contributed by atoms with Crippen molar-refractivity contribution in [3.8, 4) is 6.07 Å². The van der Waals surface area contributed by atoms with E-state index in [2.05, 4.69) is 14.7 Å². The molecule has 16 heavy (non-hydrogen) atoms. The lowest BCUT2D eigenvalue weighted by Crippen LogP contribution is -2.31. The number of anilines is 1. The molecule has 0 spiro atoms. The number of methoxy groups -OCH3 is 1. The van der Waals surface area contributed by atoms with E-state index in [1.165, 1.54) is 19.5 Å². The van der Waals surface area contributed by atoms with Gasteiger partial charge < -0.3 is 9.64 Å². The molecule has 1 aromatic rings. The molecule has 0 aromatic carbocycles. The maximum Gasteiger partial charge on any atom is 0.325 e. The van der Waals surface area contributed by atoms with Crippen molar-refractivity contribution >= 4 is 11.8 Å². The van der Waals surface area contributed by atoms with Crippen molar-refractivity contribution in [3.05, 3.63) is 18.1 Å². The fourth-order valence-electron chi connectivity index (χ4n) is 1.20. The molecule has 0 saturated heterocycles. The maximum atomic E-state index is 11.2. The van der Waals surface area contributed by atoms with Gasteiger partial charge in [-0.1, -0.05) is 0 Å². The van der Waals surface area contributed by atoms with Gasteiger partial charge in [-0.05, 0) is 6.92 Å². The minimum atomic E-state index is -0.378. The quantitative estimate of drug-likeness (QED) is 0.681. The van der Waals surface area contributed by atoms with Gasteiger partial charge in [0.05, 0.1) is 7.11 Å². The number of carbonyl (C=O) groups is 1. The van der Waals surface area contributed by atoms with Crippen LogP contribution in [0.1, 0.15) is 12.6 Å². The summed E-state index contributed by atoms with van der Waals surface area (Å²) >= 11 is 0. The third-order valence-corrected chi connectivity index (χ3v) is 2.01. The van der Waals surface area contributed by atoms with Crippen LogP contribution in [0.2, 0.25) is 0 Å². The molecule has 0 aliphatic carbocycles. The van der Waals surface area contributed by atoms with Crippen LogP contribution in [0.4, 0.5) is 5.82 Å². The fourth-order valence-corrected chi connectivity index (χ4v) is 1.20. The van der Waals surface area contributed by atoms with Crippen LogP contribution in [-0.4, -0.2) is 36.1 Å². The monoisotopic (exact) mass is 220 g/mol. The standard InChI is InChI=1S/C10H12N4O2/c1-3-14(7-9(15)16-2)10-8(6-11)12-4-5-13-10/h4-5H,3,7H2,1-2H3. The van der Waals surface area contributed by atoms with Crippen molar-refractivity contribution < 1.29 is 9.53 Å². The highest BCUT2D eigenvalue weighted by atomic mass is 16.5. The molecule has 84 valence electrons. The Morgan fingerprint density at radius 2 is 2.25 bits per heavy atom. The van der Waals surface area contributed by atoms with Crippen LogP contribution in [0.3, 0.4) is 0 Å². The van der Waals surface area contributed by atoms with Crippen LogP contribution in [0, 0.1) is 11.3 Å². The fraction of sp³-hybridized carbons (Fsp3) is 0.400. The molecular formula is C10H12N4O2. The second-order valence-corrected chi connectivity index (χ2v) is 2.93. The van der Waals surface area contributed by atoms with Crippen LogP contribution in [0.25, 0.3) is 0 Å². The van der Waals surface area contributed by atoms with Crippen LogP contribution >= 0.6 is 0 Å². The smallest absolute Gasteiger partial charge is 0.325 e. The summed E-state index contributed by atoms with van der Waals surface area (Å²) in [5, 5.41) is 8.86. The second kappa shape index (κ2) is 5.66. The molecule has 0 amide bonds. The third kappa shape index (κ3) is 2.67. The molecule has 0 radical (unpaired) electrons. The van der Waals surface area contributed by atoms with Gasteiger partial charge in [0.2, 0.25) is 0 Å². The first-order chi connectivity index (χ1) is 7.72. The lowest BCUT2D eigenvalue weighted by molar-refractivity contribution is -0.138. The number of esters is 1. The van der Waals surface area contributed by atoms with Crippen LogP contribution in [0.5, 0.6) is 0 Å². The second-order valence-electron chi connectivity index (χ2n) is 2.93. The first kappa shape index (κ1) is 11.9. The number of hydrogen-bond acceptors (Lipinski definition) is 6. The number of aromatic nitrogens is 2. The average Bonchev–Trinajstić information content (AvgIpc) is 2.35. The highest BCUT2D eigenvalue weighted by Gasteiger charge is 2.15. The van der Waals surface area contributed by atoms with E-state index in [9.17, 15) is 4.79 Å². The molecule has 0 aliphatic rings. The lowest BCUT2D eigenvalue weighted by Gasteiger charge is -2.20. The molecule has 1 rings (SSSR count). The van der Waals surface area contributed by atoms with Crippen LogP contribution in [0.15, 0.2) is 12.4 Å². The number of likely N-dealkylation sites (N-methyl/N-ethyl adjacent to an activating group) is 1. The maximum absolute atomic E-state index is 11.2. The number of ether oxygens (including phenoxy) is 1. The van der Waals surface area contributed by atoms with Gasteiger partial charge in [-0.15, -0.1) is 0 Å². The van der Waals surface area contributed by atoms with Crippen molar-refractivity contribution in [1.82, 2.24) is 9.97 Å². The van der Waals surface area contributed by atoms with Gasteiger partial charge in [-0.3, -0.25) is 4.79 Å². The molecule has 6 heteroatoms. The molecule has 0 aliphatic heterocycles. The van der Waals surface area contributed by atoms with Gasteiger partial charge in [-0.2, -0.15) is 5.26 Å². The first-order valence-electron chi connectivity index (χ1n) is 4.75. The molecule has 1 aromatic heterocycles. The van der Waals surface area contributed by atoms with Gasteiger partial charge in [0.15, 0.2) is 11.5 Å². The van der Waals surface area contributed by atoms with Crippen molar-refractivity contribution in [2.75, 3.05) is 25.1 Å². The highest BCUT2D eigenvalue weighted by Crippen LogP contribution is 2.13. The molecule has 0 atom stereocenters. The Morgan fingerprint density at radius 1 is 1.56 bits per heavy atom. The minimum absolute atomic E-state index is 0.0559. The molecule has 0 N–H and O–H groups in total. The molecule has 0 saturated carbocycles. The van der Waals surface area contributed by atoms with Gasteiger partial charge in [0.1, 0.15) is 12.6 Å². The molecule has 1 heterocycles. The Bertz CT molecular complexity index is 414. The summed E-state index contributed by atoms with van der Waals surface area (Å²) in [6.07, 6.45) is 2.92. The summed E-state index contributed by atoms with van der Waals surface area (Å²) in [6.45, 7) is 2.46. The summed E-state index contributed by atoms with van der Waals surface area (Å²) in [7, 11) is 1.32. The lowest BCUT2D eigenvalue weighted by atomic mass is 10.3. The Labute approximate surface area is 93.5 Å². The summed E-state index contributed by atoms with van der Waals surface area (Å²) in [4.78, 5) is 20.7. The van der Waals surface area contributed by atoms with E-state index in [1.807, 2.05) is 13.0 Å². The van der Waals surface area contributed by atoms with E-state index in [0.29, 0.717) is 12.4 Å². The summed E-state index contributed by atoms with van der Waals surface area (Å²) in [6, 6.07) is 1.93. The number of hydrogen-bond donors (Lipinski definition) is 0. The van der Waals surface area contributed by atoms with Crippen LogP contribution in [-0.2, 0) is 9.53 Å². The zero-order chi connectivity index (χ0) is 12.0. The van der Waals surface area contributed by atoms with Crippen molar-refractivity contribution in [2.24, 2.45) is 0 Å². The zero-order valence-corrected chi connectivity index (χ0v) is 9.17. The normalized spacial score (nSPS) is 9.31. The predicted molar refractivity (Wildman–Crippen MR) is 56.7 cm³/mol. The van der Waals surface area contributed by atoms with Gasteiger partial charge >= 0.3 is 5.97 Å². The third-order valence-electron chi connectivity index (χ3n) is 2.01. The number of nitrogens with zero attached hydrogens (tertiary/aromatic N) is 4. The predicted octanol–water partition coefficient (Wildman–Crippen LogP) is 0.348. The van der Waals surface area contributed by atoms with E-state index in [1.54, 1.807) is 4.90 Å². The minimum Gasteiger partial charge on any atom is -0.468 e. The zero-order valence-electron chi connectivity index (χ0n) is 9.17. The molecule has 0 bridgehead atoms. The first-order valence-corrected chi connectivity index (χ1v) is 4.75. The molecule has 6 nitrogen and oxygen atoms in total. The van der Waals surface area contributed by atoms with Crippen molar-refractivity contribution in [2.45, 2.75) is 6.92 Å². The largest absolute Gasteiger partial charge is 0.468 e. The van der Waals surface area contributed by atoms with Gasteiger partial charge in [-0.25, -0.2) is 9.97 Å². The van der Waals surface area contributed by atoms with E-state index < -0.39 is 0 Å². The molecule has 0 fully saturated rings. The van der Waals surface area contributed by atoms with Gasteiger partial charge in [0.25, 0.3) is 0 Å². The number of rotatable bonds is 4. The van der Waals surface area contributed by atoms with E-state index in [4.69, 9.17) is 5.26 Å². The van der Waals surface area contributed by atoms with E-state index in [0.717, 1.165) is 0 Å². The molecule has 0 unspecified atom stereocenters. The number of nitriles is 1. The number of carbonyl (C=O) groups excluding carboxylic acids is 1. The highest BCUT2D eigenvalue weighted by molar-refractivity contribution is 5.75. The Hall–Kier alpha value is -2.16.